The third-order valence-electron chi connectivity index (χ3n) is 1.85. The van der Waals surface area contributed by atoms with Gasteiger partial charge in [0.2, 0.25) is 0 Å². The van der Waals surface area contributed by atoms with Crippen molar-refractivity contribution in [1.29, 1.82) is 0 Å². The molecule has 0 fully saturated rings. The Morgan fingerprint density at radius 3 is 2.33 bits per heavy atom. The van der Waals surface area contributed by atoms with Crippen molar-refractivity contribution in [3.63, 3.8) is 0 Å². The quantitative estimate of drug-likeness (QED) is 0.504. The van der Waals surface area contributed by atoms with Gasteiger partial charge >= 0.3 is 7.60 Å². The highest BCUT2D eigenvalue weighted by atomic mass is 31.2. The van der Waals surface area contributed by atoms with E-state index in [0.717, 1.165) is 25.7 Å². The molecule has 0 aromatic carbocycles. The standard InChI is InChI=1S/C8H19O3P/c1-3-4-5-6-8(2)7-12(9,10)11/h8H,3-7H2,1-2H3,(H2,9,10,11). The molecule has 3 nitrogen and oxygen atoms in total. The second-order valence-corrected chi connectivity index (χ2v) is 5.14. The van der Waals surface area contributed by atoms with Crippen LogP contribution in [-0.2, 0) is 4.57 Å². The minimum absolute atomic E-state index is 0.0384. The third kappa shape index (κ3) is 8.25. The van der Waals surface area contributed by atoms with Crippen LogP contribution >= 0.6 is 7.60 Å². The summed E-state index contributed by atoms with van der Waals surface area (Å²) in [5.41, 5.74) is 0. The fraction of sp³-hybridized carbons (Fsp3) is 1.00. The van der Waals surface area contributed by atoms with Crippen LogP contribution in [-0.4, -0.2) is 15.9 Å². The second kappa shape index (κ2) is 5.74. The Kier molecular flexibility index (Phi) is 5.81. The van der Waals surface area contributed by atoms with Gasteiger partial charge in [-0.1, -0.05) is 39.5 Å². The van der Waals surface area contributed by atoms with Crippen LogP contribution < -0.4 is 0 Å². The lowest BCUT2D eigenvalue weighted by Gasteiger charge is -2.11. The fourth-order valence-corrected chi connectivity index (χ4v) is 2.23. The molecule has 0 rings (SSSR count). The van der Waals surface area contributed by atoms with Gasteiger partial charge in [0.1, 0.15) is 0 Å². The highest BCUT2D eigenvalue weighted by molar-refractivity contribution is 7.51. The molecule has 0 aliphatic rings. The summed E-state index contributed by atoms with van der Waals surface area (Å²) in [5.74, 6) is 0.150. The van der Waals surface area contributed by atoms with Gasteiger partial charge in [-0.25, -0.2) is 0 Å². The van der Waals surface area contributed by atoms with Gasteiger partial charge in [-0.15, -0.1) is 0 Å². The average Bonchev–Trinajstić information content (AvgIpc) is 1.84. The van der Waals surface area contributed by atoms with Crippen LogP contribution in [0.5, 0.6) is 0 Å². The van der Waals surface area contributed by atoms with Crippen LogP contribution in [0.15, 0.2) is 0 Å². The van der Waals surface area contributed by atoms with Gasteiger partial charge in [0.15, 0.2) is 0 Å². The van der Waals surface area contributed by atoms with E-state index in [0.29, 0.717) is 0 Å². The van der Waals surface area contributed by atoms with Crippen molar-refractivity contribution in [3.8, 4) is 0 Å². The Labute approximate surface area is 74.3 Å². The summed E-state index contributed by atoms with van der Waals surface area (Å²) in [7, 11) is -3.77. The van der Waals surface area contributed by atoms with Crippen LogP contribution in [0.1, 0.15) is 39.5 Å². The average molecular weight is 194 g/mol. The van der Waals surface area contributed by atoms with E-state index in [-0.39, 0.29) is 12.1 Å². The Balaban J connectivity index is 3.46. The lowest BCUT2D eigenvalue weighted by molar-refractivity contribution is 0.360. The minimum Gasteiger partial charge on any atom is -0.324 e. The van der Waals surface area contributed by atoms with E-state index in [1.165, 1.54) is 0 Å². The Bertz CT molecular complexity index is 152. The van der Waals surface area contributed by atoms with Gasteiger partial charge in [0, 0.05) is 0 Å². The lowest BCUT2D eigenvalue weighted by Crippen LogP contribution is -2.01. The van der Waals surface area contributed by atoms with E-state index in [4.69, 9.17) is 9.79 Å². The summed E-state index contributed by atoms with van der Waals surface area (Å²) in [6.07, 6.45) is 4.36. The van der Waals surface area contributed by atoms with Crippen molar-refractivity contribution in [2.45, 2.75) is 39.5 Å². The minimum atomic E-state index is -3.77. The molecule has 0 radical (unpaired) electrons. The summed E-state index contributed by atoms with van der Waals surface area (Å²) < 4.78 is 10.6. The largest absolute Gasteiger partial charge is 0.325 e. The van der Waals surface area contributed by atoms with Crippen molar-refractivity contribution >= 4 is 7.60 Å². The fourth-order valence-electron chi connectivity index (χ4n) is 1.24. The van der Waals surface area contributed by atoms with E-state index < -0.39 is 7.60 Å². The summed E-state index contributed by atoms with van der Waals surface area (Å²) in [6.45, 7) is 4.02. The molecule has 0 bridgehead atoms. The van der Waals surface area contributed by atoms with Gasteiger partial charge in [0.25, 0.3) is 0 Å². The number of hydrogen-bond acceptors (Lipinski definition) is 1. The molecule has 0 heterocycles. The molecular weight excluding hydrogens is 175 g/mol. The maximum absolute atomic E-state index is 10.6. The summed E-state index contributed by atoms with van der Waals surface area (Å²) in [5, 5.41) is 0. The van der Waals surface area contributed by atoms with Gasteiger partial charge in [-0.2, -0.15) is 0 Å². The Morgan fingerprint density at radius 1 is 1.33 bits per heavy atom. The first kappa shape index (κ1) is 12.2. The molecule has 0 aromatic rings. The molecule has 0 aliphatic carbocycles. The van der Waals surface area contributed by atoms with Crippen LogP contribution in [0.3, 0.4) is 0 Å². The molecule has 74 valence electrons. The first-order valence-corrected chi connectivity index (χ1v) is 6.30. The molecule has 12 heavy (non-hydrogen) atoms. The van der Waals surface area contributed by atoms with Crippen LogP contribution in [0.4, 0.5) is 0 Å². The van der Waals surface area contributed by atoms with E-state index in [2.05, 4.69) is 6.92 Å². The van der Waals surface area contributed by atoms with Crippen LogP contribution in [0, 0.1) is 5.92 Å². The van der Waals surface area contributed by atoms with Crippen molar-refractivity contribution in [2.75, 3.05) is 6.16 Å². The number of rotatable bonds is 6. The van der Waals surface area contributed by atoms with E-state index >= 15 is 0 Å². The van der Waals surface area contributed by atoms with Crippen molar-refractivity contribution < 1.29 is 14.4 Å². The summed E-state index contributed by atoms with van der Waals surface area (Å²) >= 11 is 0. The first-order chi connectivity index (χ1) is 5.45. The summed E-state index contributed by atoms with van der Waals surface area (Å²) in [4.78, 5) is 17.3. The molecule has 1 atom stereocenters. The summed E-state index contributed by atoms with van der Waals surface area (Å²) in [6, 6.07) is 0. The normalized spacial score (nSPS) is 14.7. The van der Waals surface area contributed by atoms with Gasteiger partial charge in [0.05, 0.1) is 6.16 Å². The molecule has 0 spiro atoms. The van der Waals surface area contributed by atoms with Crippen LogP contribution in [0.25, 0.3) is 0 Å². The molecule has 0 saturated heterocycles. The lowest BCUT2D eigenvalue weighted by atomic mass is 10.1. The molecule has 2 N–H and O–H groups in total. The van der Waals surface area contributed by atoms with Crippen molar-refractivity contribution in [3.05, 3.63) is 0 Å². The predicted octanol–water partition coefficient (Wildman–Crippen LogP) is 2.38. The van der Waals surface area contributed by atoms with E-state index in [1.807, 2.05) is 6.92 Å². The SMILES string of the molecule is CCCCCC(C)CP(=O)(O)O. The van der Waals surface area contributed by atoms with Gasteiger partial charge < -0.3 is 9.79 Å². The molecule has 1 unspecified atom stereocenters. The number of hydrogen-bond donors (Lipinski definition) is 2. The zero-order chi connectivity index (χ0) is 9.61. The smallest absolute Gasteiger partial charge is 0.324 e. The third-order valence-corrected chi connectivity index (χ3v) is 2.95. The van der Waals surface area contributed by atoms with Crippen molar-refractivity contribution in [2.24, 2.45) is 5.92 Å². The molecule has 0 saturated carbocycles. The zero-order valence-corrected chi connectivity index (χ0v) is 8.76. The number of unbranched alkanes of at least 4 members (excludes halogenated alkanes) is 2. The highest BCUT2D eigenvalue weighted by Gasteiger charge is 2.17. The van der Waals surface area contributed by atoms with E-state index in [9.17, 15) is 4.57 Å². The van der Waals surface area contributed by atoms with Gasteiger partial charge in [-0.3, -0.25) is 4.57 Å². The predicted molar refractivity (Wildman–Crippen MR) is 50.2 cm³/mol. The molecule has 0 aromatic heterocycles. The van der Waals surface area contributed by atoms with E-state index in [1.54, 1.807) is 0 Å². The monoisotopic (exact) mass is 194 g/mol. The topological polar surface area (TPSA) is 57.5 Å². The molecule has 4 heteroatoms. The molecule has 0 amide bonds. The first-order valence-electron chi connectivity index (χ1n) is 4.50. The maximum Gasteiger partial charge on any atom is 0.325 e. The maximum atomic E-state index is 10.6. The highest BCUT2D eigenvalue weighted by Crippen LogP contribution is 2.37. The Morgan fingerprint density at radius 2 is 1.92 bits per heavy atom. The molecule has 0 aliphatic heterocycles. The Hall–Kier alpha value is 0.150. The van der Waals surface area contributed by atoms with Crippen LogP contribution in [0.2, 0.25) is 0 Å². The molecular formula is C8H19O3P. The zero-order valence-electron chi connectivity index (χ0n) is 7.86. The second-order valence-electron chi connectivity index (χ2n) is 3.45. The van der Waals surface area contributed by atoms with Gasteiger partial charge in [-0.05, 0) is 5.92 Å². The van der Waals surface area contributed by atoms with Crippen molar-refractivity contribution in [1.82, 2.24) is 0 Å².